The summed E-state index contributed by atoms with van der Waals surface area (Å²) in [5.41, 5.74) is 5.18. The van der Waals surface area contributed by atoms with Crippen LogP contribution < -0.4 is 0 Å². The molecule has 0 saturated heterocycles. The minimum Gasteiger partial charge on any atom is -0.321 e. The molecule has 25 heavy (non-hydrogen) atoms. The molecule has 0 spiro atoms. The number of nitrogens with zero attached hydrogens (tertiary/aromatic N) is 3. The SMILES string of the molecule is C=Cc1ccc2c(c1)nc(C1=CC=C(C#N)C=CC1)n2C1CCCC1. The van der Waals surface area contributed by atoms with Crippen molar-refractivity contribution in [2.45, 2.75) is 38.1 Å². The van der Waals surface area contributed by atoms with Gasteiger partial charge < -0.3 is 4.57 Å². The van der Waals surface area contributed by atoms with Crippen LogP contribution in [-0.2, 0) is 0 Å². The Labute approximate surface area is 148 Å². The average molecular weight is 327 g/mol. The number of aromatic nitrogens is 2. The van der Waals surface area contributed by atoms with Crippen molar-refractivity contribution >= 4 is 22.7 Å². The first-order valence-electron chi connectivity index (χ1n) is 8.92. The van der Waals surface area contributed by atoms with E-state index in [1.807, 2.05) is 18.2 Å². The lowest BCUT2D eigenvalue weighted by Crippen LogP contribution is -2.08. The lowest BCUT2D eigenvalue weighted by atomic mass is 10.1. The third-order valence-corrected chi connectivity index (χ3v) is 5.15. The smallest absolute Gasteiger partial charge is 0.137 e. The summed E-state index contributed by atoms with van der Waals surface area (Å²) >= 11 is 0. The molecule has 1 aromatic carbocycles. The maximum absolute atomic E-state index is 9.14. The van der Waals surface area contributed by atoms with Gasteiger partial charge in [-0.15, -0.1) is 0 Å². The first-order chi connectivity index (χ1) is 12.3. The van der Waals surface area contributed by atoms with Gasteiger partial charge in [0.05, 0.1) is 22.7 Å². The lowest BCUT2D eigenvalue weighted by Gasteiger charge is -2.17. The van der Waals surface area contributed by atoms with Crippen molar-refractivity contribution in [2.75, 3.05) is 0 Å². The summed E-state index contributed by atoms with van der Waals surface area (Å²) in [5, 5.41) is 9.14. The third kappa shape index (κ3) is 2.85. The Balaban J connectivity index is 1.90. The second kappa shape index (κ2) is 6.57. The molecule has 0 amide bonds. The highest BCUT2D eigenvalue weighted by atomic mass is 15.1. The number of hydrogen-bond donors (Lipinski definition) is 0. The molecular formula is C22H21N3. The Morgan fingerprint density at radius 2 is 2.08 bits per heavy atom. The molecule has 0 bridgehead atoms. The Morgan fingerprint density at radius 1 is 1.24 bits per heavy atom. The van der Waals surface area contributed by atoms with Crippen LogP contribution in [0.3, 0.4) is 0 Å². The van der Waals surface area contributed by atoms with Crippen LogP contribution in [0, 0.1) is 11.3 Å². The molecule has 2 aliphatic carbocycles. The molecule has 3 nitrogen and oxygen atoms in total. The van der Waals surface area contributed by atoms with E-state index in [1.165, 1.54) is 36.8 Å². The van der Waals surface area contributed by atoms with Gasteiger partial charge in [-0.25, -0.2) is 4.98 Å². The zero-order chi connectivity index (χ0) is 17.2. The van der Waals surface area contributed by atoms with Crippen LogP contribution in [0.15, 0.2) is 54.7 Å². The van der Waals surface area contributed by atoms with Crippen LogP contribution in [-0.4, -0.2) is 9.55 Å². The summed E-state index contributed by atoms with van der Waals surface area (Å²) in [7, 11) is 0. The van der Waals surface area contributed by atoms with Gasteiger partial charge in [-0.1, -0.05) is 43.7 Å². The van der Waals surface area contributed by atoms with E-state index in [1.54, 1.807) is 0 Å². The monoisotopic (exact) mass is 327 g/mol. The standard InChI is InChI=1S/C22H21N3/c1-2-16-11-13-21-20(14-16)24-22(25(21)19-8-3-4-9-19)18-7-5-6-17(15-23)10-12-18/h2,5-6,10-14,19H,1,3-4,7-9H2. The lowest BCUT2D eigenvalue weighted by molar-refractivity contribution is 0.526. The summed E-state index contributed by atoms with van der Waals surface area (Å²) in [5.74, 6) is 1.04. The van der Waals surface area contributed by atoms with Gasteiger partial charge in [-0.05, 0) is 54.7 Å². The Morgan fingerprint density at radius 3 is 2.84 bits per heavy atom. The molecule has 2 aromatic rings. The fourth-order valence-electron chi connectivity index (χ4n) is 3.87. The fraction of sp³-hybridized carbons (Fsp3) is 0.273. The van der Waals surface area contributed by atoms with E-state index in [9.17, 15) is 0 Å². The Kier molecular flexibility index (Phi) is 4.11. The van der Waals surface area contributed by atoms with E-state index in [2.05, 4.69) is 47.6 Å². The maximum Gasteiger partial charge on any atom is 0.137 e. The van der Waals surface area contributed by atoms with E-state index < -0.39 is 0 Å². The predicted molar refractivity (Wildman–Crippen MR) is 103 cm³/mol. The summed E-state index contributed by atoms with van der Waals surface area (Å²) in [4.78, 5) is 4.98. The molecule has 0 N–H and O–H groups in total. The molecule has 1 aromatic heterocycles. The summed E-state index contributed by atoms with van der Waals surface area (Å²) in [6, 6.07) is 9.13. The number of benzene rings is 1. The highest BCUT2D eigenvalue weighted by Gasteiger charge is 2.24. The number of nitriles is 1. The van der Waals surface area contributed by atoms with Crippen LogP contribution in [0.5, 0.6) is 0 Å². The topological polar surface area (TPSA) is 41.6 Å². The maximum atomic E-state index is 9.14. The highest BCUT2D eigenvalue weighted by Crippen LogP contribution is 2.36. The predicted octanol–water partition coefficient (Wildman–Crippen LogP) is 5.59. The molecule has 3 heteroatoms. The van der Waals surface area contributed by atoms with Gasteiger partial charge in [0.15, 0.2) is 0 Å². The van der Waals surface area contributed by atoms with Gasteiger partial charge >= 0.3 is 0 Å². The van der Waals surface area contributed by atoms with Crippen LogP contribution in [0.1, 0.15) is 49.5 Å². The molecule has 0 atom stereocenters. The Hall–Kier alpha value is -2.86. The molecule has 124 valence electrons. The minimum absolute atomic E-state index is 0.516. The van der Waals surface area contributed by atoms with Gasteiger partial charge in [0, 0.05) is 6.04 Å². The molecule has 0 aliphatic heterocycles. The van der Waals surface area contributed by atoms with Crippen molar-refractivity contribution in [3.05, 3.63) is 66.0 Å². The molecular weight excluding hydrogens is 306 g/mol. The molecule has 2 aliphatic rings. The van der Waals surface area contributed by atoms with Crippen LogP contribution in [0.4, 0.5) is 0 Å². The number of allylic oxidation sites excluding steroid dienone is 6. The quantitative estimate of drug-likeness (QED) is 0.737. The summed E-state index contributed by atoms with van der Waals surface area (Å²) in [6.45, 7) is 3.87. The normalized spacial score (nSPS) is 17.9. The molecule has 0 radical (unpaired) electrons. The number of imidazole rings is 1. The number of fused-ring (bicyclic) bond motifs is 1. The third-order valence-electron chi connectivity index (χ3n) is 5.15. The number of rotatable bonds is 3. The molecule has 4 rings (SSSR count). The van der Waals surface area contributed by atoms with Gasteiger partial charge in [-0.2, -0.15) is 5.26 Å². The highest BCUT2D eigenvalue weighted by molar-refractivity contribution is 5.83. The zero-order valence-corrected chi connectivity index (χ0v) is 14.3. The average Bonchev–Trinajstić information content (AvgIpc) is 3.22. The largest absolute Gasteiger partial charge is 0.321 e. The van der Waals surface area contributed by atoms with Crippen molar-refractivity contribution in [1.82, 2.24) is 9.55 Å². The van der Waals surface area contributed by atoms with Crippen LogP contribution in [0.2, 0.25) is 0 Å². The van der Waals surface area contributed by atoms with Gasteiger partial charge in [0.1, 0.15) is 5.82 Å². The van der Waals surface area contributed by atoms with Crippen LogP contribution >= 0.6 is 0 Å². The van der Waals surface area contributed by atoms with Crippen molar-refractivity contribution in [3.8, 4) is 6.07 Å². The van der Waals surface area contributed by atoms with E-state index in [4.69, 9.17) is 10.2 Å². The second-order valence-corrected chi connectivity index (χ2v) is 6.73. The molecule has 1 saturated carbocycles. The van der Waals surface area contributed by atoms with Gasteiger partial charge in [-0.3, -0.25) is 0 Å². The van der Waals surface area contributed by atoms with Crippen molar-refractivity contribution < 1.29 is 0 Å². The molecule has 1 fully saturated rings. The molecule has 1 heterocycles. The van der Waals surface area contributed by atoms with Crippen LogP contribution in [0.25, 0.3) is 22.7 Å². The van der Waals surface area contributed by atoms with E-state index >= 15 is 0 Å². The Bertz CT molecular complexity index is 957. The van der Waals surface area contributed by atoms with Crippen molar-refractivity contribution in [1.29, 1.82) is 5.26 Å². The van der Waals surface area contributed by atoms with E-state index in [0.29, 0.717) is 11.6 Å². The zero-order valence-electron chi connectivity index (χ0n) is 14.3. The first-order valence-corrected chi connectivity index (χ1v) is 8.92. The van der Waals surface area contributed by atoms with E-state index in [-0.39, 0.29) is 0 Å². The minimum atomic E-state index is 0.516. The van der Waals surface area contributed by atoms with Gasteiger partial charge in [0.2, 0.25) is 0 Å². The van der Waals surface area contributed by atoms with Crippen molar-refractivity contribution in [2.24, 2.45) is 0 Å². The summed E-state index contributed by atoms with van der Waals surface area (Å²) in [6.07, 6.45) is 15.6. The number of hydrogen-bond acceptors (Lipinski definition) is 2. The first kappa shape index (κ1) is 15.7. The van der Waals surface area contributed by atoms with Crippen molar-refractivity contribution in [3.63, 3.8) is 0 Å². The fourth-order valence-corrected chi connectivity index (χ4v) is 3.87. The second-order valence-electron chi connectivity index (χ2n) is 6.73. The molecule has 0 unspecified atom stereocenters. The van der Waals surface area contributed by atoms with E-state index in [0.717, 1.165) is 23.3 Å². The summed E-state index contributed by atoms with van der Waals surface area (Å²) < 4.78 is 2.43. The van der Waals surface area contributed by atoms with Gasteiger partial charge in [0.25, 0.3) is 0 Å².